The first kappa shape index (κ1) is 13.8. The van der Waals surface area contributed by atoms with Crippen molar-refractivity contribution in [3.63, 3.8) is 0 Å². The van der Waals surface area contributed by atoms with Crippen LogP contribution in [0.4, 0.5) is 0 Å². The Hall–Kier alpha value is -0.300. The smallest absolute Gasteiger partial charge is 0.00461 e. The van der Waals surface area contributed by atoms with Gasteiger partial charge in [0.25, 0.3) is 0 Å². The predicted octanol–water partition coefficient (Wildman–Crippen LogP) is 3.99. The summed E-state index contributed by atoms with van der Waals surface area (Å²) in [6.45, 7) is 12.0. The standard InChI is InChI=1S/C15H29N/c1-5-12(4)8-15-9-13(11(2)3)6-7-14(15)10-16/h11,13-15H,4-10,16H2,1-3H3. The van der Waals surface area contributed by atoms with Gasteiger partial charge in [-0.15, -0.1) is 0 Å². The Morgan fingerprint density at radius 1 is 1.31 bits per heavy atom. The summed E-state index contributed by atoms with van der Waals surface area (Å²) >= 11 is 0. The van der Waals surface area contributed by atoms with Gasteiger partial charge in [-0.1, -0.05) is 32.9 Å². The second-order valence-electron chi connectivity index (χ2n) is 5.88. The van der Waals surface area contributed by atoms with E-state index in [1.165, 1.54) is 31.3 Å². The number of hydrogen-bond donors (Lipinski definition) is 1. The fraction of sp³-hybridized carbons (Fsp3) is 0.867. The summed E-state index contributed by atoms with van der Waals surface area (Å²) in [4.78, 5) is 0. The van der Waals surface area contributed by atoms with E-state index in [4.69, 9.17) is 5.73 Å². The van der Waals surface area contributed by atoms with Gasteiger partial charge in [-0.25, -0.2) is 0 Å². The molecule has 0 aromatic carbocycles. The van der Waals surface area contributed by atoms with E-state index >= 15 is 0 Å². The van der Waals surface area contributed by atoms with Gasteiger partial charge in [-0.05, 0) is 62.3 Å². The first-order chi connectivity index (χ1) is 7.58. The van der Waals surface area contributed by atoms with Gasteiger partial charge in [0.1, 0.15) is 0 Å². The van der Waals surface area contributed by atoms with E-state index in [2.05, 4.69) is 27.4 Å². The Labute approximate surface area is 101 Å². The Balaban J connectivity index is 2.56. The highest BCUT2D eigenvalue weighted by Gasteiger charge is 2.30. The van der Waals surface area contributed by atoms with Crippen LogP contribution in [0.1, 0.15) is 52.9 Å². The molecule has 0 amide bonds. The van der Waals surface area contributed by atoms with Gasteiger partial charge in [0, 0.05) is 0 Å². The molecular formula is C15H29N. The van der Waals surface area contributed by atoms with Crippen LogP contribution in [0.15, 0.2) is 12.2 Å². The molecule has 0 aliphatic heterocycles. The van der Waals surface area contributed by atoms with E-state index < -0.39 is 0 Å². The molecule has 1 aliphatic carbocycles. The van der Waals surface area contributed by atoms with Crippen molar-refractivity contribution in [1.82, 2.24) is 0 Å². The molecule has 3 atom stereocenters. The molecule has 0 spiro atoms. The molecule has 2 N–H and O–H groups in total. The van der Waals surface area contributed by atoms with E-state index in [-0.39, 0.29) is 0 Å². The summed E-state index contributed by atoms with van der Waals surface area (Å²) in [6.07, 6.45) is 6.43. The molecule has 0 aromatic heterocycles. The zero-order chi connectivity index (χ0) is 12.1. The van der Waals surface area contributed by atoms with E-state index in [1.54, 1.807) is 0 Å². The number of rotatable bonds is 5. The third kappa shape index (κ3) is 3.62. The highest BCUT2D eigenvalue weighted by atomic mass is 14.6. The summed E-state index contributed by atoms with van der Waals surface area (Å²) in [6, 6.07) is 0. The van der Waals surface area contributed by atoms with Crippen LogP contribution in [0, 0.1) is 23.7 Å². The lowest BCUT2D eigenvalue weighted by Crippen LogP contribution is -2.32. The van der Waals surface area contributed by atoms with E-state index in [0.29, 0.717) is 0 Å². The van der Waals surface area contributed by atoms with Crippen molar-refractivity contribution in [1.29, 1.82) is 0 Å². The maximum Gasteiger partial charge on any atom is -0.00461 e. The summed E-state index contributed by atoms with van der Waals surface area (Å²) in [7, 11) is 0. The average Bonchev–Trinajstić information content (AvgIpc) is 2.28. The van der Waals surface area contributed by atoms with E-state index in [0.717, 1.165) is 36.6 Å². The minimum atomic E-state index is 0.748. The molecule has 16 heavy (non-hydrogen) atoms. The van der Waals surface area contributed by atoms with Crippen molar-refractivity contribution in [2.24, 2.45) is 29.4 Å². The molecule has 94 valence electrons. The van der Waals surface area contributed by atoms with Crippen molar-refractivity contribution in [3.8, 4) is 0 Å². The molecule has 1 aliphatic rings. The van der Waals surface area contributed by atoms with Crippen LogP contribution in [0.25, 0.3) is 0 Å². The van der Waals surface area contributed by atoms with Crippen molar-refractivity contribution in [2.45, 2.75) is 52.9 Å². The van der Waals surface area contributed by atoms with Gasteiger partial charge in [0.05, 0.1) is 0 Å². The molecule has 0 aromatic rings. The lowest BCUT2D eigenvalue weighted by Gasteiger charge is -2.38. The van der Waals surface area contributed by atoms with E-state index in [9.17, 15) is 0 Å². The zero-order valence-electron chi connectivity index (χ0n) is 11.3. The first-order valence-corrected chi connectivity index (χ1v) is 6.95. The largest absolute Gasteiger partial charge is 0.330 e. The molecule has 0 saturated heterocycles. The number of nitrogens with two attached hydrogens (primary N) is 1. The summed E-state index contributed by atoms with van der Waals surface area (Å²) in [5.41, 5.74) is 7.31. The van der Waals surface area contributed by atoms with Crippen LogP contribution in [0.2, 0.25) is 0 Å². The third-order valence-electron chi connectivity index (χ3n) is 4.48. The normalized spacial score (nSPS) is 30.7. The summed E-state index contributed by atoms with van der Waals surface area (Å²) < 4.78 is 0. The molecule has 0 radical (unpaired) electrons. The Kier molecular flexibility index (Phi) is 5.54. The topological polar surface area (TPSA) is 26.0 Å². The van der Waals surface area contributed by atoms with Crippen molar-refractivity contribution in [3.05, 3.63) is 12.2 Å². The molecule has 1 fully saturated rings. The molecular weight excluding hydrogens is 194 g/mol. The van der Waals surface area contributed by atoms with Crippen LogP contribution in [0.5, 0.6) is 0 Å². The van der Waals surface area contributed by atoms with Crippen LogP contribution >= 0.6 is 0 Å². The van der Waals surface area contributed by atoms with Gasteiger partial charge in [0.15, 0.2) is 0 Å². The van der Waals surface area contributed by atoms with Crippen LogP contribution in [-0.2, 0) is 0 Å². The second-order valence-corrected chi connectivity index (χ2v) is 5.88. The molecule has 0 bridgehead atoms. The van der Waals surface area contributed by atoms with Crippen molar-refractivity contribution in [2.75, 3.05) is 6.54 Å². The number of allylic oxidation sites excluding steroid dienone is 1. The fourth-order valence-electron chi connectivity index (χ4n) is 3.04. The lowest BCUT2D eigenvalue weighted by molar-refractivity contribution is 0.150. The van der Waals surface area contributed by atoms with Crippen molar-refractivity contribution >= 4 is 0 Å². The quantitative estimate of drug-likeness (QED) is 0.701. The molecule has 1 rings (SSSR count). The fourth-order valence-corrected chi connectivity index (χ4v) is 3.04. The minimum Gasteiger partial charge on any atom is -0.330 e. The Morgan fingerprint density at radius 2 is 2.00 bits per heavy atom. The maximum atomic E-state index is 5.90. The molecule has 0 heterocycles. The SMILES string of the molecule is C=C(CC)CC1CC(C(C)C)CCC1CN. The lowest BCUT2D eigenvalue weighted by atomic mass is 9.68. The molecule has 1 nitrogen and oxygen atoms in total. The Bertz CT molecular complexity index is 219. The third-order valence-corrected chi connectivity index (χ3v) is 4.48. The summed E-state index contributed by atoms with van der Waals surface area (Å²) in [5.74, 6) is 3.30. The molecule has 1 heteroatoms. The van der Waals surface area contributed by atoms with Crippen LogP contribution in [0.3, 0.4) is 0 Å². The monoisotopic (exact) mass is 223 g/mol. The van der Waals surface area contributed by atoms with Gasteiger partial charge in [-0.3, -0.25) is 0 Å². The predicted molar refractivity (Wildman–Crippen MR) is 72.3 cm³/mol. The van der Waals surface area contributed by atoms with Gasteiger partial charge in [0.2, 0.25) is 0 Å². The zero-order valence-corrected chi connectivity index (χ0v) is 11.3. The van der Waals surface area contributed by atoms with Crippen LogP contribution in [-0.4, -0.2) is 6.54 Å². The first-order valence-electron chi connectivity index (χ1n) is 6.95. The highest BCUT2D eigenvalue weighted by molar-refractivity contribution is 4.97. The highest BCUT2D eigenvalue weighted by Crippen LogP contribution is 2.40. The van der Waals surface area contributed by atoms with Gasteiger partial charge in [-0.2, -0.15) is 0 Å². The van der Waals surface area contributed by atoms with E-state index in [1.807, 2.05) is 0 Å². The van der Waals surface area contributed by atoms with Crippen molar-refractivity contribution < 1.29 is 0 Å². The average molecular weight is 223 g/mol. The Morgan fingerprint density at radius 3 is 2.50 bits per heavy atom. The minimum absolute atomic E-state index is 0.748. The molecule has 1 saturated carbocycles. The second kappa shape index (κ2) is 6.44. The van der Waals surface area contributed by atoms with Crippen LogP contribution < -0.4 is 5.73 Å². The van der Waals surface area contributed by atoms with Gasteiger partial charge < -0.3 is 5.73 Å². The summed E-state index contributed by atoms with van der Waals surface area (Å²) in [5, 5.41) is 0. The maximum absolute atomic E-state index is 5.90. The molecule has 3 unspecified atom stereocenters. The van der Waals surface area contributed by atoms with Gasteiger partial charge >= 0.3 is 0 Å². The number of hydrogen-bond acceptors (Lipinski definition) is 1.